The van der Waals surface area contributed by atoms with Crippen LogP contribution in [0.3, 0.4) is 0 Å². The van der Waals surface area contributed by atoms with Crippen LogP contribution < -0.4 is 17.9 Å². The fourth-order valence-electron chi connectivity index (χ4n) is 4.07. The van der Waals surface area contributed by atoms with Crippen LogP contribution >= 0.6 is 12.8 Å². The minimum atomic E-state index is -4.20. The first-order chi connectivity index (χ1) is 19.7. The van der Waals surface area contributed by atoms with Crippen LogP contribution in [0.4, 0.5) is 5.69 Å². The molecule has 3 aromatic carbocycles. The number of sulfonamides is 1. The Morgan fingerprint density at radius 3 is 2.46 bits per heavy atom. The highest BCUT2D eigenvalue weighted by molar-refractivity contribution is 8.06. The minimum absolute atomic E-state index is 0.00254. The summed E-state index contributed by atoms with van der Waals surface area (Å²) < 4.78 is 61.8. The van der Waals surface area contributed by atoms with Crippen molar-refractivity contribution in [3.63, 3.8) is 0 Å². The number of nitrogens with zero attached hydrogens (tertiary/aromatic N) is 1. The zero-order valence-corrected chi connectivity index (χ0v) is 24.8. The Morgan fingerprint density at radius 1 is 1.02 bits per heavy atom. The molecule has 0 spiro atoms. The van der Waals surface area contributed by atoms with E-state index in [-0.39, 0.29) is 47.1 Å². The summed E-state index contributed by atoms with van der Waals surface area (Å²) in [5.41, 5.74) is 0.859. The van der Waals surface area contributed by atoms with Gasteiger partial charge in [-0.15, -0.1) is 0 Å². The van der Waals surface area contributed by atoms with E-state index in [1.54, 1.807) is 36.4 Å². The molecule has 1 aliphatic rings. The van der Waals surface area contributed by atoms with Crippen LogP contribution in [0.15, 0.2) is 65.6 Å². The maximum absolute atomic E-state index is 13.6. The van der Waals surface area contributed by atoms with Gasteiger partial charge in [-0.25, -0.2) is 16.9 Å². The monoisotopic (exact) mass is 603 g/mol. The Balaban J connectivity index is 1.75. The molecule has 41 heavy (non-hydrogen) atoms. The van der Waals surface area contributed by atoms with Gasteiger partial charge in [-0.05, 0) is 75.4 Å². The van der Waals surface area contributed by atoms with Crippen molar-refractivity contribution in [1.82, 2.24) is 0 Å². The van der Waals surface area contributed by atoms with E-state index in [1.807, 2.05) is 6.92 Å². The minimum Gasteiger partial charge on any atom is -0.497 e. The van der Waals surface area contributed by atoms with Crippen LogP contribution in [0.5, 0.6) is 23.0 Å². The number of benzene rings is 3. The molecule has 1 heterocycles. The number of thiol groups is 1. The highest BCUT2D eigenvalue weighted by atomic mass is 32.3. The third-order valence-electron chi connectivity index (χ3n) is 6.25. The molecule has 0 aliphatic carbocycles. The summed E-state index contributed by atoms with van der Waals surface area (Å²) in [6, 6.07) is 15.8. The SMILES string of the molecule is COC(=O)c1cc(OCCOC2CCCCO2)c(Oc2cccc(OC)c2)c(N(S)S(=O)(=O)c2ccc(C)cc2)c1. The van der Waals surface area contributed by atoms with Gasteiger partial charge < -0.3 is 28.4 Å². The molecular weight excluding hydrogens is 570 g/mol. The van der Waals surface area contributed by atoms with E-state index in [4.69, 9.17) is 28.4 Å². The summed E-state index contributed by atoms with van der Waals surface area (Å²) in [6.07, 6.45) is 2.49. The first-order valence-corrected chi connectivity index (χ1v) is 14.8. The van der Waals surface area contributed by atoms with Crippen molar-refractivity contribution in [3.8, 4) is 23.0 Å². The van der Waals surface area contributed by atoms with Crippen molar-refractivity contribution in [2.75, 3.05) is 37.8 Å². The van der Waals surface area contributed by atoms with Crippen molar-refractivity contribution < 1.29 is 41.6 Å². The lowest BCUT2D eigenvalue weighted by molar-refractivity contribution is -0.165. The topological polar surface area (TPSA) is 110 Å². The third-order valence-corrected chi connectivity index (χ3v) is 8.63. The highest BCUT2D eigenvalue weighted by Gasteiger charge is 2.29. The lowest BCUT2D eigenvalue weighted by Gasteiger charge is -2.24. The lowest BCUT2D eigenvalue weighted by Crippen LogP contribution is -2.24. The summed E-state index contributed by atoms with van der Waals surface area (Å²) in [5, 5.41) is 0. The van der Waals surface area contributed by atoms with E-state index >= 15 is 0 Å². The predicted molar refractivity (Wildman–Crippen MR) is 156 cm³/mol. The second-order valence-electron chi connectivity index (χ2n) is 9.17. The van der Waals surface area contributed by atoms with Crippen LogP contribution in [0.2, 0.25) is 0 Å². The number of anilines is 1. The van der Waals surface area contributed by atoms with Crippen LogP contribution in [0.25, 0.3) is 0 Å². The van der Waals surface area contributed by atoms with Gasteiger partial charge in [0.2, 0.25) is 0 Å². The number of hydrogen-bond acceptors (Lipinski definition) is 10. The summed E-state index contributed by atoms with van der Waals surface area (Å²) in [7, 11) is -1.46. The fourth-order valence-corrected chi connectivity index (χ4v) is 5.58. The van der Waals surface area contributed by atoms with E-state index in [0.29, 0.717) is 18.1 Å². The summed E-state index contributed by atoms with van der Waals surface area (Å²) in [5.74, 6) is 0.240. The number of ether oxygens (including phenoxy) is 6. The Morgan fingerprint density at radius 2 is 1.78 bits per heavy atom. The molecule has 0 radical (unpaired) electrons. The van der Waals surface area contributed by atoms with Crippen LogP contribution in [-0.2, 0) is 24.2 Å². The quantitative estimate of drug-likeness (QED) is 0.162. The molecule has 1 fully saturated rings. The Bertz CT molecular complexity index is 1440. The average molecular weight is 604 g/mol. The number of carbonyl (C=O) groups is 1. The maximum Gasteiger partial charge on any atom is 0.338 e. The van der Waals surface area contributed by atoms with Crippen molar-refractivity contribution in [1.29, 1.82) is 0 Å². The van der Waals surface area contributed by atoms with Crippen molar-refractivity contribution >= 4 is 34.5 Å². The zero-order chi connectivity index (χ0) is 29.4. The summed E-state index contributed by atoms with van der Waals surface area (Å²) in [6.45, 7) is 2.74. The Hall–Kier alpha value is -3.45. The largest absolute Gasteiger partial charge is 0.497 e. The number of carbonyl (C=O) groups excluding carboxylic acids is 1. The lowest BCUT2D eigenvalue weighted by atomic mass is 10.1. The van der Waals surface area contributed by atoms with Crippen LogP contribution in [0, 0.1) is 6.92 Å². The van der Waals surface area contributed by atoms with Gasteiger partial charge in [0.1, 0.15) is 23.8 Å². The molecule has 1 atom stereocenters. The molecule has 1 saturated heterocycles. The highest BCUT2D eigenvalue weighted by Crippen LogP contribution is 2.45. The molecule has 0 saturated carbocycles. The number of aryl methyl sites for hydroxylation is 1. The molecular formula is C29H33NO9S2. The molecule has 3 aromatic rings. The third kappa shape index (κ3) is 7.64. The summed E-state index contributed by atoms with van der Waals surface area (Å²) in [4.78, 5) is 12.6. The van der Waals surface area contributed by atoms with Crippen molar-refractivity contribution in [3.05, 3.63) is 71.8 Å². The van der Waals surface area contributed by atoms with E-state index < -0.39 is 16.0 Å². The van der Waals surface area contributed by atoms with Crippen LogP contribution in [-0.4, -0.2) is 54.7 Å². The summed E-state index contributed by atoms with van der Waals surface area (Å²) >= 11 is 4.37. The molecule has 4 rings (SSSR count). The van der Waals surface area contributed by atoms with Gasteiger partial charge in [-0.3, -0.25) is 0 Å². The second-order valence-corrected chi connectivity index (χ2v) is 11.6. The molecule has 0 amide bonds. The van der Waals surface area contributed by atoms with E-state index in [2.05, 4.69) is 12.8 Å². The normalized spacial score (nSPS) is 15.2. The van der Waals surface area contributed by atoms with Crippen molar-refractivity contribution in [2.24, 2.45) is 0 Å². The molecule has 12 heteroatoms. The molecule has 0 bridgehead atoms. The molecule has 0 N–H and O–H groups in total. The molecule has 1 aliphatic heterocycles. The Kier molecular flexibility index (Phi) is 10.4. The second kappa shape index (κ2) is 13.9. The van der Waals surface area contributed by atoms with Gasteiger partial charge in [0.15, 0.2) is 17.8 Å². The molecule has 10 nitrogen and oxygen atoms in total. The standard InChI is InChI=1S/C29H33NO9S2/c1-20-10-12-24(13-11-20)41(32,33)30(40)25-17-21(29(31)35-3)18-26(36-15-16-38-27-9-4-5-14-37-27)28(25)39-23-8-6-7-22(19-23)34-2/h6-8,10-13,17-19,27,40H,4-5,9,14-16H2,1-3H3. The smallest absolute Gasteiger partial charge is 0.338 e. The van der Waals surface area contributed by atoms with Gasteiger partial charge in [0.25, 0.3) is 10.0 Å². The molecule has 0 aromatic heterocycles. The van der Waals surface area contributed by atoms with Gasteiger partial charge in [-0.1, -0.05) is 23.8 Å². The van der Waals surface area contributed by atoms with Gasteiger partial charge in [-0.2, -0.15) is 0 Å². The van der Waals surface area contributed by atoms with Gasteiger partial charge in [0.05, 0.1) is 31.3 Å². The number of hydrogen-bond donors (Lipinski definition) is 1. The van der Waals surface area contributed by atoms with E-state index in [1.165, 1.54) is 38.5 Å². The number of esters is 1. The number of rotatable bonds is 12. The average Bonchev–Trinajstić information content (AvgIpc) is 2.99. The predicted octanol–water partition coefficient (Wildman–Crippen LogP) is 5.54. The first kappa shape index (κ1) is 30.5. The first-order valence-electron chi connectivity index (χ1n) is 13.0. The molecule has 1 unspecified atom stereocenters. The van der Waals surface area contributed by atoms with Gasteiger partial charge in [0, 0.05) is 12.7 Å². The number of methoxy groups -OCH3 is 2. The van der Waals surface area contributed by atoms with Crippen molar-refractivity contribution in [2.45, 2.75) is 37.4 Å². The Labute approximate surface area is 245 Å². The van der Waals surface area contributed by atoms with Gasteiger partial charge >= 0.3 is 5.97 Å². The van der Waals surface area contributed by atoms with E-state index in [0.717, 1.165) is 28.5 Å². The molecule has 220 valence electrons. The zero-order valence-electron chi connectivity index (χ0n) is 23.1. The van der Waals surface area contributed by atoms with Crippen LogP contribution in [0.1, 0.15) is 35.2 Å². The fraction of sp³-hybridized carbons (Fsp3) is 0.345. The van der Waals surface area contributed by atoms with E-state index in [9.17, 15) is 13.2 Å². The maximum atomic E-state index is 13.6.